The van der Waals surface area contributed by atoms with Crippen LogP contribution < -0.4 is 10.6 Å². The molecule has 0 bridgehead atoms. The Hall–Kier alpha value is -3.39. The molecule has 0 unspecified atom stereocenters. The van der Waals surface area contributed by atoms with Gasteiger partial charge in [-0.25, -0.2) is 9.78 Å². The lowest BCUT2D eigenvalue weighted by Crippen LogP contribution is -2.47. The highest BCUT2D eigenvalue weighted by molar-refractivity contribution is 5.74. The molecule has 182 valence electrons. The van der Waals surface area contributed by atoms with Crippen LogP contribution in [0.3, 0.4) is 0 Å². The molecule has 0 radical (unpaired) electrons. The summed E-state index contributed by atoms with van der Waals surface area (Å²) in [5.41, 5.74) is 2.14. The van der Waals surface area contributed by atoms with Crippen molar-refractivity contribution in [3.63, 3.8) is 0 Å². The van der Waals surface area contributed by atoms with E-state index in [0.717, 1.165) is 63.2 Å². The fourth-order valence-electron chi connectivity index (χ4n) is 4.45. The van der Waals surface area contributed by atoms with Gasteiger partial charge in [-0.05, 0) is 52.7 Å². The summed E-state index contributed by atoms with van der Waals surface area (Å²) in [7, 11) is 3.98. The highest BCUT2D eigenvalue weighted by Gasteiger charge is 2.22. The van der Waals surface area contributed by atoms with E-state index in [1.165, 1.54) is 6.20 Å². The number of nitrogens with zero attached hydrogens (tertiary/aromatic N) is 8. The number of anilines is 3. The zero-order chi connectivity index (χ0) is 24.1. The Morgan fingerprint density at radius 2 is 2.00 bits per heavy atom. The molecule has 0 saturated carbocycles. The van der Waals surface area contributed by atoms with Gasteiger partial charge in [0.25, 0.3) is 0 Å². The van der Waals surface area contributed by atoms with E-state index in [4.69, 9.17) is 5.10 Å². The third-order valence-electron chi connectivity index (χ3n) is 6.55. The summed E-state index contributed by atoms with van der Waals surface area (Å²) in [6, 6.07) is 2.62. The van der Waals surface area contributed by atoms with Crippen LogP contribution in [0.4, 0.5) is 22.2 Å². The Labute approximate surface area is 200 Å². The number of aromatic nitrogens is 4. The van der Waals surface area contributed by atoms with Crippen LogP contribution in [-0.2, 0) is 0 Å². The summed E-state index contributed by atoms with van der Waals surface area (Å²) in [4.78, 5) is 27.0. The molecule has 2 N–H and O–H groups in total. The van der Waals surface area contributed by atoms with Crippen molar-refractivity contribution in [1.82, 2.24) is 34.4 Å². The first-order chi connectivity index (χ1) is 16.4. The lowest BCUT2D eigenvalue weighted by atomic mass is 10.1. The zero-order valence-electron chi connectivity index (χ0n) is 20.3. The van der Waals surface area contributed by atoms with Crippen molar-refractivity contribution in [2.75, 3.05) is 64.0 Å². The molecule has 0 aromatic carbocycles. The SMILES string of the molecule is Cc1nn(C2CCN(C)CC2)cc1Nc1ncc(C#N)c(NCCCN2CCCN(C)C2=O)n1. The second-order valence-electron chi connectivity index (χ2n) is 9.16. The van der Waals surface area contributed by atoms with Gasteiger partial charge in [0.2, 0.25) is 5.95 Å². The van der Waals surface area contributed by atoms with Crippen LogP contribution in [0.1, 0.15) is 43.0 Å². The molecular weight excluding hydrogens is 432 g/mol. The lowest BCUT2D eigenvalue weighted by Gasteiger charge is -2.33. The van der Waals surface area contributed by atoms with Crippen LogP contribution >= 0.6 is 0 Å². The molecule has 4 rings (SSSR count). The third-order valence-corrected chi connectivity index (χ3v) is 6.55. The number of nitrogens with one attached hydrogen (secondary N) is 2. The number of urea groups is 1. The van der Waals surface area contributed by atoms with E-state index in [2.05, 4.69) is 38.6 Å². The van der Waals surface area contributed by atoms with Gasteiger partial charge in [0.05, 0.1) is 23.6 Å². The van der Waals surface area contributed by atoms with Gasteiger partial charge in [0.1, 0.15) is 17.5 Å². The standard InChI is InChI=1S/C23H34N10O/c1-17-20(16-33(29-17)19-6-12-30(2)13-7-19)27-22-26-15-18(14-24)21(28-22)25-8-4-10-32-11-5-9-31(3)23(32)34/h15-16,19H,4-13H2,1-3H3,(H2,25,26,27,28). The highest BCUT2D eigenvalue weighted by atomic mass is 16.2. The van der Waals surface area contributed by atoms with Crippen molar-refractivity contribution in [2.24, 2.45) is 0 Å². The number of piperidine rings is 1. The Balaban J connectivity index is 1.36. The summed E-state index contributed by atoms with van der Waals surface area (Å²) < 4.78 is 2.05. The van der Waals surface area contributed by atoms with E-state index >= 15 is 0 Å². The molecular formula is C23H34N10O. The zero-order valence-corrected chi connectivity index (χ0v) is 20.3. The Morgan fingerprint density at radius 1 is 1.21 bits per heavy atom. The van der Waals surface area contributed by atoms with Crippen LogP contribution in [0.15, 0.2) is 12.4 Å². The molecule has 2 amide bonds. The van der Waals surface area contributed by atoms with Crippen LogP contribution in [0, 0.1) is 18.3 Å². The average molecular weight is 467 g/mol. The molecule has 2 fully saturated rings. The highest BCUT2D eigenvalue weighted by Crippen LogP contribution is 2.26. The lowest BCUT2D eigenvalue weighted by molar-refractivity contribution is 0.141. The molecule has 0 aliphatic carbocycles. The van der Waals surface area contributed by atoms with Crippen molar-refractivity contribution in [2.45, 2.75) is 38.6 Å². The number of amides is 2. The fraction of sp³-hybridized carbons (Fsp3) is 0.609. The number of rotatable bonds is 8. The topological polar surface area (TPSA) is 118 Å². The van der Waals surface area contributed by atoms with Crippen LogP contribution in [0.2, 0.25) is 0 Å². The largest absolute Gasteiger partial charge is 0.369 e. The maximum Gasteiger partial charge on any atom is 0.319 e. The average Bonchev–Trinajstić information content (AvgIpc) is 3.20. The van der Waals surface area contributed by atoms with Gasteiger partial charge in [0.15, 0.2) is 0 Å². The van der Waals surface area contributed by atoms with Crippen LogP contribution in [0.25, 0.3) is 0 Å². The van der Waals surface area contributed by atoms with Crippen molar-refractivity contribution in [3.8, 4) is 6.07 Å². The molecule has 4 heterocycles. The molecule has 34 heavy (non-hydrogen) atoms. The predicted molar refractivity (Wildman–Crippen MR) is 130 cm³/mol. The van der Waals surface area contributed by atoms with Gasteiger partial charge >= 0.3 is 6.03 Å². The van der Waals surface area contributed by atoms with Crippen molar-refractivity contribution < 1.29 is 4.79 Å². The second kappa shape index (κ2) is 10.7. The number of aryl methyl sites for hydroxylation is 1. The molecule has 2 aromatic rings. The minimum absolute atomic E-state index is 0.0775. The van der Waals surface area contributed by atoms with Gasteiger partial charge in [-0.2, -0.15) is 15.3 Å². The summed E-state index contributed by atoms with van der Waals surface area (Å²) in [5.74, 6) is 0.905. The fourth-order valence-corrected chi connectivity index (χ4v) is 4.45. The Morgan fingerprint density at radius 3 is 2.76 bits per heavy atom. The predicted octanol–water partition coefficient (Wildman–Crippen LogP) is 2.42. The van der Waals surface area contributed by atoms with Crippen molar-refractivity contribution in [1.29, 1.82) is 5.26 Å². The van der Waals surface area contributed by atoms with E-state index < -0.39 is 0 Å². The number of carbonyl (C=O) groups excluding carboxylic acids is 1. The van der Waals surface area contributed by atoms with Gasteiger partial charge in [-0.3, -0.25) is 4.68 Å². The van der Waals surface area contributed by atoms with Crippen molar-refractivity contribution >= 4 is 23.5 Å². The van der Waals surface area contributed by atoms with Gasteiger partial charge in [0, 0.05) is 39.4 Å². The maximum absolute atomic E-state index is 12.2. The molecule has 11 heteroatoms. The summed E-state index contributed by atoms with van der Waals surface area (Å²) in [6.07, 6.45) is 7.46. The van der Waals surface area contributed by atoms with E-state index in [0.29, 0.717) is 36.5 Å². The normalized spacial score (nSPS) is 17.6. The Bertz CT molecular complexity index is 1040. The maximum atomic E-state index is 12.2. The van der Waals surface area contributed by atoms with Gasteiger partial charge in [-0.15, -0.1) is 0 Å². The van der Waals surface area contributed by atoms with Gasteiger partial charge in [-0.1, -0.05) is 0 Å². The van der Waals surface area contributed by atoms with Crippen LogP contribution in [0.5, 0.6) is 0 Å². The van der Waals surface area contributed by atoms with Crippen molar-refractivity contribution in [3.05, 3.63) is 23.7 Å². The van der Waals surface area contributed by atoms with E-state index in [9.17, 15) is 10.1 Å². The summed E-state index contributed by atoms with van der Waals surface area (Å²) in [5, 5.41) is 20.7. The molecule has 2 saturated heterocycles. The first-order valence-electron chi connectivity index (χ1n) is 12.0. The van der Waals surface area contributed by atoms with E-state index in [1.54, 1.807) is 4.90 Å². The molecule has 2 aliphatic heterocycles. The Kier molecular flexibility index (Phi) is 7.47. The number of likely N-dealkylation sites (tertiary alicyclic amines) is 1. The molecule has 2 aliphatic rings. The molecule has 2 aromatic heterocycles. The van der Waals surface area contributed by atoms with E-state index in [-0.39, 0.29) is 6.03 Å². The second-order valence-corrected chi connectivity index (χ2v) is 9.16. The summed E-state index contributed by atoms with van der Waals surface area (Å²) >= 11 is 0. The first kappa shape index (κ1) is 23.8. The number of hydrogen-bond donors (Lipinski definition) is 2. The number of carbonyl (C=O) groups is 1. The van der Waals surface area contributed by atoms with Gasteiger partial charge < -0.3 is 25.3 Å². The van der Waals surface area contributed by atoms with E-state index in [1.807, 2.05) is 29.7 Å². The minimum Gasteiger partial charge on any atom is -0.369 e. The molecule has 11 nitrogen and oxygen atoms in total. The quantitative estimate of drug-likeness (QED) is 0.570. The third kappa shape index (κ3) is 5.56. The number of hydrogen-bond acceptors (Lipinski definition) is 8. The first-order valence-corrected chi connectivity index (χ1v) is 12.0. The molecule has 0 spiro atoms. The monoisotopic (exact) mass is 466 g/mol. The number of nitriles is 1. The van der Waals surface area contributed by atoms with Crippen LogP contribution in [-0.4, -0.2) is 93.8 Å². The summed E-state index contributed by atoms with van der Waals surface area (Å²) in [6.45, 7) is 6.99. The smallest absolute Gasteiger partial charge is 0.319 e. The molecule has 0 atom stereocenters. The minimum atomic E-state index is 0.0775.